The first-order valence-corrected chi connectivity index (χ1v) is 7.23. The molecule has 0 aromatic carbocycles. The van der Waals surface area contributed by atoms with Gasteiger partial charge in [0.15, 0.2) is 5.13 Å². The van der Waals surface area contributed by atoms with E-state index in [1.165, 1.54) is 0 Å². The molecule has 0 unspecified atom stereocenters. The van der Waals surface area contributed by atoms with E-state index in [4.69, 9.17) is 5.73 Å². The fourth-order valence-electron chi connectivity index (χ4n) is 2.05. The number of piperazine rings is 1. The second-order valence-corrected chi connectivity index (χ2v) is 5.37. The Balaban J connectivity index is 0.00000180. The number of hydrogen-bond donors (Lipinski definition) is 1. The standard InChI is InChI=1S/C12H20N4OS.2ClH/c1-10-9-18-12(14-10)16-7-5-15(6-8-16)11(17)3-2-4-13;;/h9H,2-8,13H2,1H3;2*1H. The van der Waals surface area contributed by atoms with Gasteiger partial charge in [0, 0.05) is 38.0 Å². The van der Waals surface area contributed by atoms with Crippen molar-refractivity contribution < 1.29 is 4.79 Å². The molecule has 1 fully saturated rings. The first kappa shape index (κ1) is 19.4. The Morgan fingerprint density at radius 2 is 2.00 bits per heavy atom. The van der Waals surface area contributed by atoms with Crippen LogP contribution >= 0.6 is 36.2 Å². The number of carbonyl (C=O) groups excluding carboxylic acids is 1. The second kappa shape index (κ2) is 9.39. The van der Waals surface area contributed by atoms with Crippen LogP contribution in [0.2, 0.25) is 0 Å². The van der Waals surface area contributed by atoms with Gasteiger partial charge >= 0.3 is 0 Å². The summed E-state index contributed by atoms with van der Waals surface area (Å²) in [5.74, 6) is 0.232. The lowest BCUT2D eigenvalue weighted by atomic mass is 10.2. The molecule has 20 heavy (non-hydrogen) atoms. The van der Waals surface area contributed by atoms with Gasteiger partial charge < -0.3 is 15.5 Å². The summed E-state index contributed by atoms with van der Waals surface area (Å²) < 4.78 is 0. The monoisotopic (exact) mass is 340 g/mol. The molecule has 1 aromatic heterocycles. The highest BCUT2D eigenvalue weighted by molar-refractivity contribution is 7.13. The number of hydrogen-bond acceptors (Lipinski definition) is 5. The average Bonchev–Trinajstić information content (AvgIpc) is 2.83. The van der Waals surface area contributed by atoms with Crippen LogP contribution in [0.4, 0.5) is 5.13 Å². The number of halogens is 2. The quantitative estimate of drug-likeness (QED) is 0.905. The molecule has 0 saturated carbocycles. The van der Waals surface area contributed by atoms with Gasteiger partial charge in [0.25, 0.3) is 0 Å². The van der Waals surface area contributed by atoms with E-state index in [2.05, 4.69) is 15.3 Å². The number of rotatable bonds is 4. The van der Waals surface area contributed by atoms with Gasteiger partial charge in [-0.1, -0.05) is 0 Å². The van der Waals surface area contributed by atoms with Crippen LogP contribution in [0.15, 0.2) is 5.38 Å². The lowest BCUT2D eigenvalue weighted by Gasteiger charge is -2.34. The van der Waals surface area contributed by atoms with E-state index in [0.717, 1.165) is 43.4 Å². The minimum atomic E-state index is 0. The molecule has 2 N–H and O–H groups in total. The Morgan fingerprint density at radius 1 is 1.35 bits per heavy atom. The van der Waals surface area contributed by atoms with Crippen LogP contribution in [0.5, 0.6) is 0 Å². The van der Waals surface area contributed by atoms with Gasteiger partial charge in [0.05, 0.1) is 5.69 Å². The molecule has 0 atom stereocenters. The summed E-state index contributed by atoms with van der Waals surface area (Å²) in [5, 5.41) is 3.13. The summed E-state index contributed by atoms with van der Waals surface area (Å²) in [6.45, 7) is 5.93. The van der Waals surface area contributed by atoms with Gasteiger partial charge in [-0.3, -0.25) is 4.79 Å². The van der Waals surface area contributed by atoms with E-state index in [-0.39, 0.29) is 30.7 Å². The summed E-state index contributed by atoms with van der Waals surface area (Å²) >= 11 is 1.67. The van der Waals surface area contributed by atoms with E-state index in [1.807, 2.05) is 11.8 Å². The number of amides is 1. The SMILES string of the molecule is Cc1csc(N2CCN(C(=O)CCCN)CC2)n1.Cl.Cl. The van der Waals surface area contributed by atoms with Gasteiger partial charge in [-0.25, -0.2) is 4.98 Å². The second-order valence-electron chi connectivity index (χ2n) is 4.53. The molecule has 116 valence electrons. The summed E-state index contributed by atoms with van der Waals surface area (Å²) in [6.07, 6.45) is 1.36. The van der Waals surface area contributed by atoms with Crippen molar-refractivity contribution in [1.82, 2.24) is 9.88 Å². The maximum absolute atomic E-state index is 11.8. The Bertz CT molecular complexity index is 408. The van der Waals surface area contributed by atoms with Gasteiger partial charge in [0.2, 0.25) is 5.91 Å². The Kier molecular flexibility index (Phi) is 9.13. The largest absolute Gasteiger partial charge is 0.345 e. The predicted octanol–water partition coefficient (Wildman–Crippen LogP) is 1.68. The summed E-state index contributed by atoms with van der Waals surface area (Å²) in [6, 6.07) is 0. The van der Waals surface area contributed by atoms with E-state index < -0.39 is 0 Å². The van der Waals surface area contributed by atoms with E-state index in [9.17, 15) is 4.79 Å². The number of anilines is 1. The number of carbonyl (C=O) groups is 1. The van der Waals surface area contributed by atoms with Crippen LogP contribution < -0.4 is 10.6 Å². The van der Waals surface area contributed by atoms with Crippen molar-refractivity contribution in [2.24, 2.45) is 5.73 Å². The highest BCUT2D eigenvalue weighted by atomic mass is 35.5. The first-order valence-electron chi connectivity index (χ1n) is 6.35. The van der Waals surface area contributed by atoms with Crippen LogP contribution in [0.3, 0.4) is 0 Å². The van der Waals surface area contributed by atoms with Crippen molar-refractivity contribution in [3.8, 4) is 0 Å². The maximum atomic E-state index is 11.8. The van der Waals surface area contributed by atoms with Crippen LogP contribution in [0.25, 0.3) is 0 Å². The van der Waals surface area contributed by atoms with Crippen molar-refractivity contribution >= 4 is 47.2 Å². The normalized spacial score (nSPS) is 14.5. The minimum absolute atomic E-state index is 0. The third-order valence-corrected chi connectivity index (χ3v) is 4.12. The molecular weight excluding hydrogens is 319 g/mol. The molecule has 2 heterocycles. The molecule has 0 radical (unpaired) electrons. The number of thiazole rings is 1. The van der Waals surface area contributed by atoms with Gasteiger partial charge in [-0.15, -0.1) is 36.2 Å². The van der Waals surface area contributed by atoms with E-state index in [0.29, 0.717) is 13.0 Å². The zero-order valence-electron chi connectivity index (χ0n) is 11.6. The molecule has 0 aliphatic carbocycles. The first-order chi connectivity index (χ1) is 8.70. The minimum Gasteiger partial charge on any atom is -0.345 e. The Labute approximate surface area is 136 Å². The molecule has 1 aromatic rings. The Morgan fingerprint density at radius 3 is 2.50 bits per heavy atom. The lowest BCUT2D eigenvalue weighted by Crippen LogP contribution is -2.48. The molecule has 1 aliphatic heterocycles. The van der Waals surface area contributed by atoms with E-state index >= 15 is 0 Å². The molecule has 1 aliphatic rings. The number of nitrogens with two attached hydrogens (primary N) is 1. The summed E-state index contributed by atoms with van der Waals surface area (Å²) in [4.78, 5) is 20.5. The average molecular weight is 341 g/mol. The maximum Gasteiger partial charge on any atom is 0.222 e. The fourth-order valence-corrected chi connectivity index (χ4v) is 2.90. The number of nitrogens with zero attached hydrogens (tertiary/aromatic N) is 3. The van der Waals surface area contributed by atoms with Crippen molar-refractivity contribution in [1.29, 1.82) is 0 Å². The number of aryl methyl sites for hydroxylation is 1. The van der Waals surface area contributed by atoms with Crippen LogP contribution in [0.1, 0.15) is 18.5 Å². The van der Waals surface area contributed by atoms with Crippen LogP contribution in [-0.2, 0) is 4.79 Å². The van der Waals surface area contributed by atoms with Crippen molar-refractivity contribution in [2.75, 3.05) is 37.6 Å². The van der Waals surface area contributed by atoms with Crippen molar-refractivity contribution in [2.45, 2.75) is 19.8 Å². The molecular formula is C12H22Cl2N4OS. The highest BCUT2D eigenvalue weighted by Gasteiger charge is 2.21. The lowest BCUT2D eigenvalue weighted by molar-refractivity contribution is -0.131. The molecule has 5 nitrogen and oxygen atoms in total. The van der Waals surface area contributed by atoms with E-state index in [1.54, 1.807) is 11.3 Å². The smallest absolute Gasteiger partial charge is 0.222 e. The zero-order valence-corrected chi connectivity index (χ0v) is 14.0. The molecule has 0 bridgehead atoms. The number of aromatic nitrogens is 1. The summed E-state index contributed by atoms with van der Waals surface area (Å²) in [5.41, 5.74) is 6.49. The fraction of sp³-hybridized carbons (Fsp3) is 0.667. The van der Waals surface area contributed by atoms with Gasteiger partial charge in [-0.2, -0.15) is 0 Å². The van der Waals surface area contributed by atoms with Gasteiger partial charge in [0.1, 0.15) is 0 Å². The summed E-state index contributed by atoms with van der Waals surface area (Å²) in [7, 11) is 0. The third kappa shape index (κ3) is 5.09. The van der Waals surface area contributed by atoms with Crippen LogP contribution in [-0.4, -0.2) is 48.5 Å². The third-order valence-electron chi connectivity index (χ3n) is 3.10. The topological polar surface area (TPSA) is 62.5 Å². The van der Waals surface area contributed by atoms with Crippen molar-refractivity contribution in [3.05, 3.63) is 11.1 Å². The van der Waals surface area contributed by atoms with Gasteiger partial charge in [-0.05, 0) is 19.9 Å². The molecule has 2 rings (SSSR count). The van der Waals surface area contributed by atoms with Crippen LogP contribution in [0, 0.1) is 6.92 Å². The molecule has 1 amide bonds. The molecule has 8 heteroatoms. The predicted molar refractivity (Wildman–Crippen MR) is 88.4 cm³/mol. The zero-order chi connectivity index (χ0) is 13.0. The highest BCUT2D eigenvalue weighted by Crippen LogP contribution is 2.21. The molecule has 0 spiro atoms. The van der Waals surface area contributed by atoms with Crippen molar-refractivity contribution in [3.63, 3.8) is 0 Å². The Hall–Kier alpha value is -0.560. The molecule has 1 saturated heterocycles.